The van der Waals surface area contributed by atoms with Crippen LogP contribution in [-0.4, -0.2) is 60.3 Å². The number of benzene rings is 1. The summed E-state index contributed by atoms with van der Waals surface area (Å²) in [7, 11) is 0. The van der Waals surface area contributed by atoms with Gasteiger partial charge in [-0.3, -0.25) is 9.69 Å². The molecule has 6 nitrogen and oxygen atoms in total. The molecule has 2 aromatic rings. The van der Waals surface area contributed by atoms with Crippen LogP contribution in [0.4, 0.5) is 5.82 Å². The van der Waals surface area contributed by atoms with Gasteiger partial charge in [-0.15, -0.1) is 16.8 Å². The van der Waals surface area contributed by atoms with E-state index < -0.39 is 0 Å². The van der Waals surface area contributed by atoms with Gasteiger partial charge in [-0.2, -0.15) is 0 Å². The van der Waals surface area contributed by atoms with E-state index in [2.05, 4.69) is 56.2 Å². The van der Waals surface area contributed by atoms with E-state index in [1.54, 1.807) is 12.1 Å². The van der Waals surface area contributed by atoms with Crippen LogP contribution in [-0.2, 0) is 0 Å². The van der Waals surface area contributed by atoms with Crippen molar-refractivity contribution < 1.29 is 4.79 Å². The zero-order chi connectivity index (χ0) is 18.9. The van der Waals surface area contributed by atoms with Crippen LogP contribution in [0.5, 0.6) is 0 Å². The molecule has 1 N–H and O–H groups in total. The first-order chi connectivity index (χ1) is 13.3. The summed E-state index contributed by atoms with van der Waals surface area (Å²) in [5, 5.41) is 11.0. The maximum Gasteiger partial charge on any atom is 0.272 e. The van der Waals surface area contributed by atoms with Crippen molar-refractivity contribution in [1.82, 2.24) is 20.4 Å². The van der Waals surface area contributed by atoms with Gasteiger partial charge >= 0.3 is 0 Å². The lowest BCUT2D eigenvalue weighted by molar-refractivity contribution is 0.0952. The third-order valence-electron chi connectivity index (χ3n) is 4.46. The fourth-order valence-electron chi connectivity index (χ4n) is 2.93. The van der Waals surface area contributed by atoms with Crippen molar-refractivity contribution in [1.29, 1.82) is 0 Å². The number of carbonyl (C=O) groups excluding carboxylic acids is 1. The molecule has 0 saturated carbocycles. The molecule has 1 aromatic carbocycles. The molecular weight excluding hydrogens is 338 g/mol. The third-order valence-corrected chi connectivity index (χ3v) is 4.46. The summed E-state index contributed by atoms with van der Waals surface area (Å²) < 4.78 is 0. The van der Waals surface area contributed by atoms with Gasteiger partial charge in [0, 0.05) is 39.3 Å². The second kappa shape index (κ2) is 9.64. The van der Waals surface area contributed by atoms with Crippen molar-refractivity contribution in [3.8, 4) is 0 Å². The average molecular weight is 363 g/mol. The minimum Gasteiger partial charge on any atom is -0.353 e. The largest absolute Gasteiger partial charge is 0.353 e. The molecule has 3 rings (SSSR count). The number of hydrogen-bond acceptors (Lipinski definition) is 5. The quantitative estimate of drug-likeness (QED) is 0.765. The Bertz CT molecular complexity index is 765. The third kappa shape index (κ3) is 5.49. The fourth-order valence-corrected chi connectivity index (χ4v) is 2.93. The van der Waals surface area contributed by atoms with E-state index in [0.29, 0.717) is 12.2 Å². The molecule has 0 radical (unpaired) electrons. The predicted octanol–water partition coefficient (Wildman–Crippen LogP) is 2.23. The van der Waals surface area contributed by atoms with Crippen LogP contribution in [0.3, 0.4) is 0 Å². The van der Waals surface area contributed by atoms with Crippen molar-refractivity contribution >= 4 is 17.8 Å². The Morgan fingerprint density at radius 2 is 1.85 bits per heavy atom. The molecule has 0 unspecified atom stereocenters. The lowest BCUT2D eigenvalue weighted by Gasteiger charge is -2.34. The summed E-state index contributed by atoms with van der Waals surface area (Å²) in [6.45, 7) is 8.68. The molecule has 0 bridgehead atoms. The number of piperazine rings is 1. The summed E-state index contributed by atoms with van der Waals surface area (Å²) in [6, 6.07) is 13.9. The summed E-state index contributed by atoms with van der Waals surface area (Å²) >= 11 is 0. The van der Waals surface area contributed by atoms with Gasteiger partial charge in [0.25, 0.3) is 5.91 Å². The number of hydrogen-bond donors (Lipinski definition) is 1. The Morgan fingerprint density at radius 1 is 1.07 bits per heavy atom. The molecule has 0 spiro atoms. The van der Waals surface area contributed by atoms with Crippen LogP contribution in [0.15, 0.2) is 61.2 Å². The number of aromatic nitrogens is 2. The molecule has 27 heavy (non-hydrogen) atoms. The first-order valence-corrected chi connectivity index (χ1v) is 9.18. The second-order valence-corrected chi connectivity index (χ2v) is 6.38. The van der Waals surface area contributed by atoms with Crippen LogP contribution < -0.4 is 10.2 Å². The smallest absolute Gasteiger partial charge is 0.272 e. The van der Waals surface area contributed by atoms with E-state index in [-0.39, 0.29) is 5.91 Å². The van der Waals surface area contributed by atoms with Gasteiger partial charge in [-0.25, -0.2) is 0 Å². The van der Waals surface area contributed by atoms with Crippen LogP contribution in [0.1, 0.15) is 16.1 Å². The van der Waals surface area contributed by atoms with Gasteiger partial charge in [0.15, 0.2) is 11.5 Å². The van der Waals surface area contributed by atoms with E-state index >= 15 is 0 Å². The van der Waals surface area contributed by atoms with Gasteiger partial charge in [0.2, 0.25) is 0 Å². The Hall–Kier alpha value is -2.99. The van der Waals surface area contributed by atoms with Crippen molar-refractivity contribution in [2.24, 2.45) is 0 Å². The maximum absolute atomic E-state index is 11.8. The van der Waals surface area contributed by atoms with Crippen LogP contribution in [0.25, 0.3) is 6.08 Å². The minimum atomic E-state index is -0.232. The average Bonchev–Trinajstić information content (AvgIpc) is 2.73. The standard InChI is InChI=1S/C21H25N5O/c1-2-12-22-21(27)19-10-11-20(24-23-19)26-16-14-25(15-17-26)13-6-9-18-7-4-3-5-8-18/h2-11H,1,12-17H2,(H,22,27)/b9-6+. The number of nitrogens with zero attached hydrogens (tertiary/aromatic N) is 4. The van der Waals surface area contributed by atoms with Gasteiger partial charge < -0.3 is 10.2 Å². The highest BCUT2D eigenvalue weighted by molar-refractivity contribution is 5.92. The highest BCUT2D eigenvalue weighted by Gasteiger charge is 2.18. The summed E-state index contributed by atoms with van der Waals surface area (Å²) in [5.74, 6) is 0.582. The SMILES string of the molecule is C=CCNC(=O)c1ccc(N2CCN(C/C=C/c3ccccc3)CC2)nn1. The zero-order valence-electron chi connectivity index (χ0n) is 15.4. The number of anilines is 1. The van der Waals surface area contributed by atoms with Gasteiger partial charge in [-0.1, -0.05) is 48.6 Å². The Kier molecular flexibility index (Phi) is 6.71. The Morgan fingerprint density at radius 3 is 2.52 bits per heavy atom. The lowest BCUT2D eigenvalue weighted by atomic mass is 10.2. The van der Waals surface area contributed by atoms with E-state index in [9.17, 15) is 4.79 Å². The molecular formula is C21H25N5O. The van der Waals surface area contributed by atoms with Gasteiger partial charge in [0.05, 0.1) is 0 Å². The number of carbonyl (C=O) groups is 1. The van der Waals surface area contributed by atoms with Crippen LogP contribution >= 0.6 is 0 Å². The van der Waals surface area contributed by atoms with Crippen molar-refractivity contribution in [3.05, 3.63) is 72.5 Å². The molecule has 1 fully saturated rings. The molecule has 2 heterocycles. The molecule has 1 aliphatic heterocycles. The van der Waals surface area contributed by atoms with Crippen molar-refractivity contribution in [3.63, 3.8) is 0 Å². The molecule has 1 amide bonds. The molecule has 1 saturated heterocycles. The van der Waals surface area contributed by atoms with Crippen molar-refractivity contribution in [2.75, 3.05) is 44.2 Å². The van der Waals surface area contributed by atoms with Crippen LogP contribution in [0, 0.1) is 0 Å². The molecule has 140 valence electrons. The Balaban J connectivity index is 1.46. The molecule has 6 heteroatoms. The summed E-state index contributed by atoms with van der Waals surface area (Å²) in [5.41, 5.74) is 1.55. The first-order valence-electron chi connectivity index (χ1n) is 9.18. The van der Waals surface area contributed by atoms with E-state index in [0.717, 1.165) is 38.5 Å². The van der Waals surface area contributed by atoms with Gasteiger partial charge in [0.1, 0.15) is 0 Å². The van der Waals surface area contributed by atoms with E-state index in [1.807, 2.05) is 24.3 Å². The molecule has 0 atom stereocenters. The molecule has 1 aliphatic rings. The fraction of sp³-hybridized carbons (Fsp3) is 0.286. The maximum atomic E-state index is 11.8. The zero-order valence-corrected chi connectivity index (χ0v) is 15.4. The first kappa shape index (κ1) is 18.8. The molecule has 1 aromatic heterocycles. The highest BCUT2D eigenvalue weighted by atomic mass is 16.1. The van der Waals surface area contributed by atoms with Crippen LogP contribution in [0.2, 0.25) is 0 Å². The number of nitrogens with one attached hydrogen (secondary N) is 1. The summed E-state index contributed by atoms with van der Waals surface area (Å²) in [6.07, 6.45) is 6.00. The lowest BCUT2D eigenvalue weighted by Crippen LogP contribution is -2.46. The van der Waals surface area contributed by atoms with Crippen molar-refractivity contribution in [2.45, 2.75) is 0 Å². The molecule has 0 aliphatic carbocycles. The minimum absolute atomic E-state index is 0.232. The second-order valence-electron chi connectivity index (χ2n) is 6.38. The monoisotopic (exact) mass is 363 g/mol. The normalized spacial score (nSPS) is 15.0. The van der Waals surface area contributed by atoms with Gasteiger partial charge in [-0.05, 0) is 17.7 Å². The Labute approximate surface area is 160 Å². The summed E-state index contributed by atoms with van der Waals surface area (Å²) in [4.78, 5) is 16.5. The van der Waals surface area contributed by atoms with E-state index in [1.165, 1.54) is 5.56 Å². The highest BCUT2D eigenvalue weighted by Crippen LogP contribution is 2.13. The number of amides is 1. The number of rotatable bonds is 7. The topological polar surface area (TPSA) is 61.4 Å². The predicted molar refractivity (Wildman–Crippen MR) is 109 cm³/mol. The van der Waals surface area contributed by atoms with E-state index in [4.69, 9.17) is 0 Å².